The Morgan fingerprint density at radius 3 is 2.76 bits per heavy atom. The van der Waals surface area contributed by atoms with Crippen molar-refractivity contribution in [2.24, 2.45) is 7.05 Å². The van der Waals surface area contributed by atoms with E-state index < -0.39 is 0 Å². The Morgan fingerprint density at radius 2 is 2.18 bits per heavy atom. The molecule has 5 heteroatoms. The highest BCUT2D eigenvalue weighted by molar-refractivity contribution is 5.39. The number of methoxy groups -OCH3 is 1. The maximum Gasteiger partial charge on any atom is 0.123 e. The molecule has 0 fully saturated rings. The number of nitrogens with zero attached hydrogens (tertiary/aromatic N) is 2. The number of anilines is 1. The Labute approximate surface area is 98.8 Å². The first-order valence-electron chi connectivity index (χ1n) is 5.21. The second kappa shape index (κ2) is 4.45. The second-order valence-corrected chi connectivity index (χ2v) is 3.82. The van der Waals surface area contributed by atoms with E-state index in [0.717, 1.165) is 11.3 Å². The van der Waals surface area contributed by atoms with Crippen LogP contribution < -0.4 is 10.5 Å². The molecule has 2 rings (SSSR count). The molecule has 1 aromatic carbocycles. The number of halogens is 1. The predicted molar refractivity (Wildman–Crippen MR) is 63.4 cm³/mol. The Balaban J connectivity index is 2.31. The van der Waals surface area contributed by atoms with E-state index in [4.69, 9.17) is 10.5 Å². The summed E-state index contributed by atoms with van der Waals surface area (Å²) in [6.07, 6.45) is 0.492. The van der Waals surface area contributed by atoms with Crippen LogP contribution in [0.3, 0.4) is 0 Å². The minimum absolute atomic E-state index is 0.287. The van der Waals surface area contributed by atoms with Crippen molar-refractivity contribution in [3.8, 4) is 5.75 Å². The van der Waals surface area contributed by atoms with E-state index in [0.29, 0.717) is 18.0 Å². The van der Waals surface area contributed by atoms with Crippen molar-refractivity contribution in [2.75, 3.05) is 12.8 Å². The molecule has 2 aromatic rings. The smallest absolute Gasteiger partial charge is 0.123 e. The molecule has 90 valence electrons. The summed E-state index contributed by atoms with van der Waals surface area (Å²) >= 11 is 0. The summed E-state index contributed by atoms with van der Waals surface area (Å²) in [4.78, 5) is 0. The van der Waals surface area contributed by atoms with Gasteiger partial charge in [0.25, 0.3) is 0 Å². The summed E-state index contributed by atoms with van der Waals surface area (Å²) in [5.41, 5.74) is 7.23. The molecular formula is C12H14FN3O. The highest BCUT2D eigenvalue weighted by Gasteiger charge is 2.09. The zero-order valence-electron chi connectivity index (χ0n) is 9.77. The maximum atomic E-state index is 13.2. The lowest BCUT2D eigenvalue weighted by atomic mass is 10.1. The molecule has 1 aromatic heterocycles. The maximum absolute atomic E-state index is 13.2. The minimum atomic E-state index is -0.287. The molecule has 1 heterocycles. The largest absolute Gasteiger partial charge is 0.496 e. The van der Waals surface area contributed by atoms with Gasteiger partial charge in [-0.05, 0) is 18.2 Å². The highest BCUT2D eigenvalue weighted by Crippen LogP contribution is 2.22. The molecule has 0 saturated carbocycles. The molecule has 0 aliphatic carbocycles. The number of hydrogen-bond donors (Lipinski definition) is 1. The highest BCUT2D eigenvalue weighted by atomic mass is 19.1. The lowest BCUT2D eigenvalue weighted by Crippen LogP contribution is -1.98. The van der Waals surface area contributed by atoms with Crippen LogP contribution in [-0.4, -0.2) is 16.9 Å². The Morgan fingerprint density at radius 1 is 1.41 bits per heavy atom. The van der Waals surface area contributed by atoms with Crippen molar-refractivity contribution in [2.45, 2.75) is 6.42 Å². The van der Waals surface area contributed by atoms with Crippen LogP contribution in [0.1, 0.15) is 11.3 Å². The Bertz CT molecular complexity index is 517. The monoisotopic (exact) mass is 235 g/mol. The van der Waals surface area contributed by atoms with Gasteiger partial charge in [0.1, 0.15) is 17.4 Å². The van der Waals surface area contributed by atoms with Gasteiger partial charge in [0.15, 0.2) is 0 Å². The third-order valence-corrected chi connectivity index (χ3v) is 2.58. The van der Waals surface area contributed by atoms with Gasteiger partial charge in [-0.1, -0.05) is 0 Å². The van der Waals surface area contributed by atoms with Crippen LogP contribution in [0.2, 0.25) is 0 Å². The van der Waals surface area contributed by atoms with Crippen molar-refractivity contribution < 1.29 is 9.13 Å². The third-order valence-electron chi connectivity index (χ3n) is 2.58. The summed E-state index contributed by atoms with van der Waals surface area (Å²) in [6.45, 7) is 0. The number of benzene rings is 1. The van der Waals surface area contributed by atoms with Crippen LogP contribution in [0.4, 0.5) is 10.2 Å². The molecule has 0 bridgehead atoms. The molecular weight excluding hydrogens is 221 g/mol. The number of nitrogens with two attached hydrogens (primary N) is 1. The number of nitrogen functional groups attached to an aromatic ring is 1. The number of hydrogen-bond acceptors (Lipinski definition) is 3. The summed E-state index contributed by atoms with van der Waals surface area (Å²) < 4.78 is 19.9. The Kier molecular flexibility index (Phi) is 2.99. The van der Waals surface area contributed by atoms with Gasteiger partial charge in [0.05, 0.1) is 12.8 Å². The molecule has 0 radical (unpaired) electrons. The number of aromatic nitrogens is 2. The van der Waals surface area contributed by atoms with Gasteiger partial charge in [-0.25, -0.2) is 4.39 Å². The molecule has 0 aliphatic heterocycles. The third kappa shape index (κ3) is 2.38. The molecule has 4 nitrogen and oxygen atoms in total. The van der Waals surface area contributed by atoms with E-state index in [2.05, 4.69) is 5.10 Å². The fourth-order valence-corrected chi connectivity index (χ4v) is 1.71. The molecule has 0 amide bonds. The molecule has 0 spiro atoms. The van der Waals surface area contributed by atoms with Crippen molar-refractivity contribution in [1.29, 1.82) is 0 Å². The first-order chi connectivity index (χ1) is 8.10. The number of aryl methyl sites for hydroxylation is 1. The van der Waals surface area contributed by atoms with E-state index in [1.807, 2.05) is 0 Å². The standard InChI is InChI=1S/C12H14FN3O/c1-16-12(14)7-10(15-16)6-8-5-9(13)3-4-11(8)17-2/h3-5,7H,6,14H2,1-2H3. The number of rotatable bonds is 3. The van der Waals surface area contributed by atoms with E-state index >= 15 is 0 Å². The van der Waals surface area contributed by atoms with Gasteiger partial charge >= 0.3 is 0 Å². The summed E-state index contributed by atoms with van der Waals surface area (Å²) in [6, 6.07) is 6.19. The lowest BCUT2D eigenvalue weighted by molar-refractivity contribution is 0.409. The fourth-order valence-electron chi connectivity index (χ4n) is 1.71. The topological polar surface area (TPSA) is 53.1 Å². The predicted octanol–water partition coefficient (Wildman–Crippen LogP) is 1.74. The zero-order valence-corrected chi connectivity index (χ0v) is 9.77. The van der Waals surface area contributed by atoms with Gasteiger partial charge in [0, 0.05) is 25.1 Å². The van der Waals surface area contributed by atoms with E-state index in [1.54, 1.807) is 31.0 Å². The van der Waals surface area contributed by atoms with E-state index in [-0.39, 0.29) is 5.82 Å². The first kappa shape index (κ1) is 11.4. The van der Waals surface area contributed by atoms with Gasteiger partial charge in [-0.2, -0.15) is 5.10 Å². The average molecular weight is 235 g/mol. The number of ether oxygens (including phenoxy) is 1. The Hall–Kier alpha value is -2.04. The van der Waals surface area contributed by atoms with Crippen LogP contribution in [-0.2, 0) is 13.5 Å². The molecule has 2 N–H and O–H groups in total. The average Bonchev–Trinajstić information content (AvgIpc) is 2.58. The molecule has 0 saturated heterocycles. The zero-order chi connectivity index (χ0) is 12.4. The van der Waals surface area contributed by atoms with Gasteiger partial charge in [0.2, 0.25) is 0 Å². The first-order valence-corrected chi connectivity index (χ1v) is 5.21. The van der Waals surface area contributed by atoms with Crippen LogP contribution in [0.25, 0.3) is 0 Å². The van der Waals surface area contributed by atoms with Crippen LogP contribution in [0.5, 0.6) is 5.75 Å². The van der Waals surface area contributed by atoms with Crippen molar-refractivity contribution in [3.05, 3.63) is 41.3 Å². The summed E-state index contributed by atoms with van der Waals surface area (Å²) in [5, 5.41) is 4.22. The van der Waals surface area contributed by atoms with Crippen LogP contribution in [0.15, 0.2) is 24.3 Å². The lowest BCUT2D eigenvalue weighted by Gasteiger charge is -2.06. The van der Waals surface area contributed by atoms with Crippen LogP contribution in [0, 0.1) is 5.82 Å². The van der Waals surface area contributed by atoms with Gasteiger partial charge in [-0.15, -0.1) is 0 Å². The summed E-state index contributed by atoms with van der Waals surface area (Å²) in [5.74, 6) is 0.940. The molecule has 0 aliphatic rings. The second-order valence-electron chi connectivity index (χ2n) is 3.82. The summed E-state index contributed by atoms with van der Waals surface area (Å²) in [7, 11) is 3.32. The van der Waals surface area contributed by atoms with E-state index in [9.17, 15) is 4.39 Å². The van der Waals surface area contributed by atoms with Gasteiger partial charge < -0.3 is 10.5 Å². The molecule has 17 heavy (non-hydrogen) atoms. The van der Waals surface area contributed by atoms with Crippen LogP contribution >= 0.6 is 0 Å². The quantitative estimate of drug-likeness (QED) is 0.881. The molecule has 0 atom stereocenters. The normalized spacial score (nSPS) is 10.5. The SMILES string of the molecule is COc1ccc(F)cc1Cc1cc(N)n(C)n1. The minimum Gasteiger partial charge on any atom is -0.496 e. The van der Waals surface area contributed by atoms with Crippen molar-refractivity contribution >= 4 is 5.82 Å². The van der Waals surface area contributed by atoms with E-state index in [1.165, 1.54) is 12.1 Å². The van der Waals surface area contributed by atoms with Crippen molar-refractivity contribution in [3.63, 3.8) is 0 Å². The molecule has 0 unspecified atom stereocenters. The fraction of sp³-hybridized carbons (Fsp3) is 0.250. The van der Waals surface area contributed by atoms with Gasteiger partial charge in [-0.3, -0.25) is 4.68 Å². The van der Waals surface area contributed by atoms with Crippen molar-refractivity contribution in [1.82, 2.24) is 9.78 Å².